The van der Waals surface area contributed by atoms with Gasteiger partial charge in [-0.2, -0.15) is 0 Å². The number of piperidine rings is 3. The van der Waals surface area contributed by atoms with Gasteiger partial charge in [0.15, 0.2) is 0 Å². The van der Waals surface area contributed by atoms with Crippen molar-refractivity contribution >= 4 is 81.8 Å². The van der Waals surface area contributed by atoms with Crippen molar-refractivity contribution in [2.75, 3.05) is 95.3 Å². The Kier molecular flexibility index (Phi) is 19.5. The number of carbonyl (C=O) groups is 6. The standard InChI is InChI=1S/C52H65Cl2N11O12/c1-5-76-51(73)52(2,30-8-12-32(13-9-30)58-43(67)28-64-19-17-39(41(26-64)75-4)60-48(70)35-24-37(54)46(56)62-50(35)72)65-20-14-33(15-21-65)77-44(68)22-29-6-10-31(11-7-29)57-42(66)27-63-18-16-38(40(25-63)74-3)59-47(69)34-23-36(53)45(55)61-49(34)71/h6-13,23-24,33,38-41H,5,14-22,25-28H2,1-4H3,(H,57,66)(H,58,67)(H,59,69)(H,60,70)(H3,55,61,71)(H3,56,62,72)/t38-,39-,40+,41+,52?/m1/s1. The minimum absolute atomic E-state index is 0.0137. The van der Waals surface area contributed by atoms with Crippen LogP contribution in [0.4, 0.5) is 23.0 Å². The Morgan fingerprint density at radius 3 is 1.58 bits per heavy atom. The number of rotatable bonds is 19. The molecule has 3 fully saturated rings. The molecule has 4 amide bonds. The van der Waals surface area contributed by atoms with Crippen molar-refractivity contribution < 1.29 is 47.7 Å². The molecule has 5 heterocycles. The van der Waals surface area contributed by atoms with Crippen LogP contribution in [0.2, 0.25) is 10.0 Å². The minimum Gasteiger partial charge on any atom is -0.464 e. The SMILES string of the molecule is CCOC(=O)C(C)(c1ccc(NC(=O)CN2CC[C@@H](NC(=O)c3cc(Cl)c(N)[nH]c3=O)[C@@H](OC)C2)cc1)N1CCC(OC(=O)Cc2ccc(NC(=O)CN3CC[C@@H](NC(=O)c4cc(Cl)c(N)[nH]c4=O)[C@@H](OC)C3)cc2)CC1. The maximum absolute atomic E-state index is 13.7. The topological polar surface area (TPSA) is 315 Å². The molecule has 0 bridgehead atoms. The predicted molar refractivity (Wildman–Crippen MR) is 288 cm³/mol. The van der Waals surface area contributed by atoms with E-state index < -0.39 is 64.7 Å². The second-order valence-corrected chi connectivity index (χ2v) is 20.1. The Balaban J connectivity index is 0.839. The second-order valence-electron chi connectivity index (χ2n) is 19.3. The third-order valence-corrected chi connectivity index (χ3v) is 14.8. The average molecular weight is 1110 g/mol. The molecule has 2 aromatic carbocycles. The van der Waals surface area contributed by atoms with E-state index >= 15 is 0 Å². The number of hydrogen-bond donors (Lipinski definition) is 8. The second kappa shape index (κ2) is 26.0. The number of methoxy groups -OCH3 is 2. The minimum atomic E-state index is -1.19. The molecule has 3 saturated heterocycles. The third-order valence-electron chi connectivity index (χ3n) is 14.2. The zero-order valence-electron chi connectivity index (χ0n) is 43.2. The summed E-state index contributed by atoms with van der Waals surface area (Å²) < 4.78 is 22.8. The lowest BCUT2D eigenvalue weighted by Gasteiger charge is -2.43. The molecule has 3 aliphatic heterocycles. The van der Waals surface area contributed by atoms with Crippen LogP contribution in [0.3, 0.4) is 0 Å². The number of ether oxygens (including phenoxy) is 4. The molecule has 0 spiro atoms. The van der Waals surface area contributed by atoms with Crippen LogP contribution in [0, 0.1) is 0 Å². The fraction of sp³-hybridized carbons (Fsp3) is 0.462. The Labute approximate surface area is 453 Å². The number of H-pyrrole nitrogens is 2. The van der Waals surface area contributed by atoms with Gasteiger partial charge < -0.3 is 61.6 Å². The molecule has 23 nitrogen and oxygen atoms in total. The maximum Gasteiger partial charge on any atom is 0.330 e. The summed E-state index contributed by atoms with van der Waals surface area (Å²) in [5.74, 6) is -2.69. The number of halogens is 2. The van der Waals surface area contributed by atoms with Crippen LogP contribution in [0.5, 0.6) is 0 Å². The van der Waals surface area contributed by atoms with Crippen molar-refractivity contribution in [3.05, 3.63) is 114 Å². The number of benzene rings is 2. The number of likely N-dealkylation sites (tertiary alicyclic amines) is 3. The summed E-state index contributed by atoms with van der Waals surface area (Å²) in [6.45, 7) is 6.30. The molecule has 77 heavy (non-hydrogen) atoms. The van der Waals surface area contributed by atoms with E-state index in [9.17, 15) is 38.4 Å². The number of nitrogens with one attached hydrogen (secondary N) is 6. The van der Waals surface area contributed by atoms with E-state index in [0.29, 0.717) is 87.5 Å². The number of aromatic nitrogens is 2. The van der Waals surface area contributed by atoms with E-state index in [1.807, 2.05) is 14.7 Å². The van der Waals surface area contributed by atoms with Gasteiger partial charge in [-0.1, -0.05) is 47.5 Å². The summed E-state index contributed by atoms with van der Waals surface area (Å²) >= 11 is 12.0. The molecule has 1 unspecified atom stereocenters. The van der Waals surface area contributed by atoms with Gasteiger partial charge in [-0.3, -0.25) is 48.3 Å². The first kappa shape index (κ1) is 57.8. The van der Waals surface area contributed by atoms with Crippen LogP contribution >= 0.6 is 23.2 Å². The van der Waals surface area contributed by atoms with E-state index in [-0.39, 0.29) is 76.8 Å². The predicted octanol–water partition coefficient (Wildman–Crippen LogP) is 2.48. The van der Waals surface area contributed by atoms with Crippen LogP contribution in [0.1, 0.15) is 71.4 Å². The van der Waals surface area contributed by atoms with Gasteiger partial charge in [0.05, 0.1) is 60.5 Å². The molecule has 0 aliphatic carbocycles. The van der Waals surface area contributed by atoms with E-state index in [1.54, 1.807) is 62.4 Å². The first-order valence-corrected chi connectivity index (χ1v) is 25.9. The van der Waals surface area contributed by atoms with E-state index in [4.69, 9.17) is 53.6 Å². The molecule has 25 heteroatoms. The van der Waals surface area contributed by atoms with Crippen LogP contribution < -0.4 is 43.9 Å². The molecule has 414 valence electrons. The first-order valence-electron chi connectivity index (χ1n) is 25.2. The number of nitrogen functional groups attached to an aromatic ring is 2. The van der Waals surface area contributed by atoms with Gasteiger partial charge in [-0.25, -0.2) is 4.79 Å². The van der Waals surface area contributed by atoms with E-state index in [1.165, 1.54) is 26.4 Å². The van der Waals surface area contributed by atoms with Crippen LogP contribution in [-0.2, 0) is 50.1 Å². The highest BCUT2D eigenvalue weighted by Crippen LogP contribution is 2.34. The summed E-state index contributed by atoms with van der Waals surface area (Å²) in [7, 11) is 3.02. The molecule has 0 radical (unpaired) electrons. The fourth-order valence-corrected chi connectivity index (χ4v) is 10.1. The molecule has 7 rings (SSSR count). The van der Waals surface area contributed by atoms with Crippen LogP contribution in [0.25, 0.3) is 0 Å². The summed E-state index contributed by atoms with van der Waals surface area (Å²) in [6, 6.07) is 15.5. The van der Waals surface area contributed by atoms with Gasteiger partial charge in [0.2, 0.25) is 11.8 Å². The quantitative estimate of drug-likeness (QED) is 0.0626. The van der Waals surface area contributed by atoms with Crippen molar-refractivity contribution in [2.24, 2.45) is 0 Å². The lowest BCUT2D eigenvalue weighted by atomic mass is 9.87. The molecule has 5 atom stereocenters. The van der Waals surface area contributed by atoms with Gasteiger partial charge >= 0.3 is 11.9 Å². The Morgan fingerprint density at radius 2 is 1.14 bits per heavy atom. The number of nitrogens with zero attached hydrogens (tertiary/aromatic N) is 3. The lowest BCUT2D eigenvalue weighted by Crippen LogP contribution is -2.56. The normalized spacial score (nSPS) is 20.3. The highest BCUT2D eigenvalue weighted by molar-refractivity contribution is 6.33. The molecule has 3 aliphatic rings. The molecule has 2 aromatic heterocycles. The Morgan fingerprint density at radius 1 is 0.688 bits per heavy atom. The number of nitrogens with two attached hydrogens (primary N) is 2. The smallest absolute Gasteiger partial charge is 0.330 e. The first-order chi connectivity index (χ1) is 36.8. The lowest BCUT2D eigenvalue weighted by molar-refractivity contribution is -0.162. The van der Waals surface area contributed by atoms with Crippen molar-refractivity contribution in [1.82, 2.24) is 35.3 Å². The van der Waals surface area contributed by atoms with Gasteiger partial charge in [-0.15, -0.1) is 0 Å². The molecule has 10 N–H and O–H groups in total. The molecule has 0 saturated carbocycles. The molecule has 4 aromatic rings. The van der Waals surface area contributed by atoms with Crippen molar-refractivity contribution in [3.8, 4) is 0 Å². The van der Waals surface area contributed by atoms with Crippen molar-refractivity contribution in [1.29, 1.82) is 0 Å². The van der Waals surface area contributed by atoms with Crippen LogP contribution in [-0.4, -0.2) is 164 Å². The summed E-state index contributed by atoms with van der Waals surface area (Å²) in [4.78, 5) is 114. The largest absolute Gasteiger partial charge is 0.464 e. The average Bonchev–Trinajstić information content (AvgIpc) is 3.41. The van der Waals surface area contributed by atoms with Crippen molar-refractivity contribution in [2.45, 2.75) is 81.9 Å². The molecular weight excluding hydrogens is 1040 g/mol. The Bertz CT molecular complexity index is 2920. The number of pyridine rings is 2. The summed E-state index contributed by atoms with van der Waals surface area (Å²) in [5.41, 5.74) is 10.8. The van der Waals surface area contributed by atoms with E-state index in [0.717, 1.165) is 0 Å². The van der Waals surface area contributed by atoms with Gasteiger partial charge in [0, 0.05) is 64.9 Å². The zero-order valence-corrected chi connectivity index (χ0v) is 44.7. The number of esters is 2. The van der Waals surface area contributed by atoms with Gasteiger partial charge in [0.1, 0.15) is 34.4 Å². The summed E-state index contributed by atoms with van der Waals surface area (Å²) in [6.07, 6.45) is 0.562. The fourth-order valence-electron chi connectivity index (χ4n) is 9.83. The van der Waals surface area contributed by atoms with Crippen molar-refractivity contribution in [3.63, 3.8) is 0 Å². The van der Waals surface area contributed by atoms with Gasteiger partial charge in [0.25, 0.3) is 22.9 Å². The summed E-state index contributed by atoms with van der Waals surface area (Å²) in [5, 5.41) is 11.6. The monoisotopic (exact) mass is 1110 g/mol. The van der Waals surface area contributed by atoms with Gasteiger partial charge in [-0.05, 0) is 87.1 Å². The van der Waals surface area contributed by atoms with E-state index in [2.05, 4.69) is 31.2 Å². The Hall–Kier alpha value is -6.86. The highest BCUT2D eigenvalue weighted by Gasteiger charge is 2.44. The number of amides is 4. The number of aromatic amines is 2. The number of carbonyl (C=O) groups excluding carboxylic acids is 6. The highest BCUT2D eigenvalue weighted by atomic mass is 35.5. The molecular formula is C52H65Cl2N11O12. The maximum atomic E-state index is 13.7. The van der Waals surface area contributed by atoms with Crippen LogP contribution in [0.15, 0.2) is 70.3 Å². The number of hydrogen-bond acceptors (Lipinski definition) is 17. The number of anilines is 4. The third kappa shape index (κ3) is 14.6. The zero-order chi connectivity index (χ0) is 55.6.